The van der Waals surface area contributed by atoms with Gasteiger partial charge in [0.1, 0.15) is 0 Å². The van der Waals surface area contributed by atoms with Gasteiger partial charge in [-0.15, -0.1) is 11.3 Å². The van der Waals surface area contributed by atoms with Crippen molar-refractivity contribution in [1.82, 2.24) is 10.3 Å². The number of amides is 1. The summed E-state index contributed by atoms with van der Waals surface area (Å²) in [5, 5.41) is 5.87. The number of nitrogens with zero attached hydrogens (tertiary/aromatic N) is 1. The third-order valence-corrected chi connectivity index (χ3v) is 5.19. The molecule has 0 atom stereocenters. The average molecular weight is 432 g/mol. The molecule has 0 radical (unpaired) electrons. The molecule has 1 N–H and O–H groups in total. The Morgan fingerprint density at radius 1 is 1.13 bits per heavy atom. The Balaban J connectivity index is 1.50. The molecule has 2 aromatic carbocycles. The van der Waals surface area contributed by atoms with Crippen LogP contribution in [0.25, 0.3) is 11.3 Å². The lowest BCUT2D eigenvalue weighted by Gasteiger charge is -2.12. The van der Waals surface area contributed by atoms with Crippen molar-refractivity contribution < 1.29 is 23.0 Å². The number of ether oxygens (including phenoxy) is 2. The molecule has 3 rings (SSSR count). The molecule has 0 unspecified atom stereocenters. The number of alkyl halides is 2. The van der Waals surface area contributed by atoms with Crippen LogP contribution in [0.5, 0.6) is 11.5 Å². The minimum atomic E-state index is -2.93. The fourth-order valence-electron chi connectivity index (χ4n) is 2.95. The van der Waals surface area contributed by atoms with Crippen LogP contribution in [0.2, 0.25) is 0 Å². The Labute approximate surface area is 177 Å². The zero-order valence-corrected chi connectivity index (χ0v) is 17.5. The van der Waals surface area contributed by atoms with Gasteiger partial charge >= 0.3 is 6.61 Å². The smallest absolute Gasteiger partial charge is 0.387 e. The van der Waals surface area contributed by atoms with Crippen LogP contribution in [0.15, 0.2) is 47.8 Å². The molecule has 158 valence electrons. The summed E-state index contributed by atoms with van der Waals surface area (Å²) in [6.07, 6.45) is 0.746. The van der Waals surface area contributed by atoms with E-state index in [1.165, 1.54) is 13.2 Å². The minimum Gasteiger partial charge on any atom is -0.493 e. The molecular formula is C22H22F2N2O3S. The highest BCUT2D eigenvalue weighted by Crippen LogP contribution is 2.29. The van der Waals surface area contributed by atoms with Gasteiger partial charge in [-0.1, -0.05) is 30.3 Å². The molecule has 0 spiro atoms. The number of halogens is 2. The van der Waals surface area contributed by atoms with Crippen LogP contribution in [0.1, 0.15) is 16.1 Å². The summed E-state index contributed by atoms with van der Waals surface area (Å²) in [6, 6.07) is 12.6. The third kappa shape index (κ3) is 6.00. The molecule has 0 bridgehead atoms. The van der Waals surface area contributed by atoms with E-state index in [0.717, 1.165) is 27.4 Å². The molecule has 0 aliphatic rings. The number of nitrogens with one attached hydrogen (secondary N) is 1. The van der Waals surface area contributed by atoms with Gasteiger partial charge in [-0.05, 0) is 36.6 Å². The number of aryl methyl sites for hydroxylation is 1. The van der Waals surface area contributed by atoms with Crippen LogP contribution >= 0.6 is 11.3 Å². The topological polar surface area (TPSA) is 60.5 Å². The van der Waals surface area contributed by atoms with Crippen LogP contribution in [0.3, 0.4) is 0 Å². The van der Waals surface area contributed by atoms with Gasteiger partial charge in [-0.25, -0.2) is 4.98 Å². The van der Waals surface area contributed by atoms with E-state index in [0.29, 0.717) is 13.0 Å². The van der Waals surface area contributed by atoms with Gasteiger partial charge in [0, 0.05) is 17.5 Å². The van der Waals surface area contributed by atoms with Gasteiger partial charge in [-0.3, -0.25) is 4.79 Å². The zero-order valence-electron chi connectivity index (χ0n) is 16.7. The van der Waals surface area contributed by atoms with E-state index >= 15 is 0 Å². The highest BCUT2D eigenvalue weighted by atomic mass is 32.1. The number of carbonyl (C=O) groups excluding carboxylic acids is 1. The van der Waals surface area contributed by atoms with Gasteiger partial charge in [-0.2, -0.15) is 8.78 Å². The summed E-state index contributed by atoms with van der Waals surface area (Å²) in [7, 11) is 1.39. The zero-order chi connectivity index (χ0) is 21.5. The largest absolute Gasteiger partial charge is 0.493 e. The van der Waals surface area contributed by atoms with E-state index in [1.807, 2.05) is 36.6 Å². The first-order valence-corrected chi connectivity index (χ1v) is 10.2. The molecule has 0 aliphatic carbocycles. The second-order valence-corrected chi connectivity index (χ2v) is 7.65. The van der Waals surface area contributed by atoms with Crippen LogP contribution < -0.4 is 14.8 Å². The van der Waals surface area contributed by atoms with Crippen molar-refractivity contribution in [3.63, 3.8) is 0 Å². The maximum absolute atomic E-state index is 12.5. The van der Waals surface area contributed by atoms with E-state index in [-0.39, 0.29) is 23.8 Å². The van der Waals surface area contributed by atoms with E-state index < -0.39 is 6.61 Å². The molecule has 3 aromatic rings. The van der Waals surface area contributed by atoms with Crippen LogP contribution in [0, 0.1) is 6.92 Å². The number of hydrogen-bond acceptors (Lipinski definition) is 5. The number of hydrogen-bond donors (Lipinski definition) is 1. The summed E-state index contributed by atoms with van der Waals surface area (Å²) in [5.74, 6) is 0.107. The first kappa shape index (κ1) is 21.7. The summed E-state index contributed by atoms with van der Waals surface area (Å²) in [5.41, 5.74) is 3.61. The van der Waals surface area contributed by atoms with Crippen LogP contribution in [-0.4, -0.2) is 31.2 Å². The number of carbonyl (C=O) groups is 1. The summed E-state index contributed by atoms with van der Waals surface area (Å²) in [4.78, 5) is 16.7. The molecular weight excluding hydrogens is 410 g/mol. The third-order valence-electron chi connectivity index (χ3n) is 4.41. The predicted octanol–water partition coefficient (Wildman–Crippen LogP) is 4.63. The van der Waals surface area contributed by atoms with E-state index in [1.54, 1.807) is 23.5 Å². The fourth-order valence-corrected chi connectivity index (χ4v) is 3.57. The summed E-state index contributed by atoms with van der Waals surface area (Å²) in [6.45, 7) is -0.583. The molecule has 1 aromatic heterocycles. The minimum absolute atomic E-state index is 0.0216. The standard InChI is InChI=1S/C22H22F2N2O3S/c1-14-26-18(13-30-14)17-6-3-15(4-7-17)12-21(27)25-10-9-16-5-8-19(28-2)20(11-16)29-22(23)24/h3-8,11,13,22H,9-10,12H2,1-2H3,(H,25,27). The van der Waals surface area contributed by atoms with E-state index in [9.17, 15) is 13.6 Å². The quantitative estimate of drug-likeness (QED) is 0.536. The van der Waals surface area contributed by atoms with Gasteiger partial charge in [0.05, 0.1) is 24.2 Å². The maximum atomic E-state index is 12.5. The Kier molecular flexibility index (Phi) is 7.35. The second-order valence-electron chi connectivity index (χ2n) is 6.59. The molecule has 0 saturated heterocycles. The van der Waals surface area contributed by atoms with Crippen molar-refractivity contribution in [2.45, 2.75) is 26.4 Å². The highest BCUT2D eigenvalue weighted by molar-refractivity contribution is 7.09. The molecule has 1 heterocycles. The van der Waals surface area contributed by atoms with Crippen molar-refractivity contribution in [2.75, 3.05) is 13.7 Å². The number of thiazole rings is 1. The Bertz CT molecular complexity index is 990. The Morgan fingerprint density at radius 2 is 1.87 bits per heavy atom. The normalized spacial score (nSPS) is 10.8. The average Bonchev–Trinajstić information content (AvgIpc) is 3.15. The fraction of sp³-hybridized carbons (Fsp3) is 0.273. The summed E-state index contributed by atoms with van der Waals surface area (Å²) >= 11 is 1.60. The highest BCUT2D eigenvalue weighted by Gasteiger charge is 2.12. The second kappa shape index (κ2) is 10.2. The molecule has 30 heavy (non-hydrogen) atoms. The van der Waals surface area contributed by atoms with Crippen molar-refractivity contribution in [2.24, 2.45) is 0 Å². The van der Waals surface area contributed by atoms with E-state index in [2.05, 4.69) is 15.0 Å². The number of rotatable bonds is 9. The van der Waals surface area contributed by atoms with Gasteiger partial charge in [0.25, 0.3) is 0 Å². The maximum Gasteiger partial charge on any atom is 0.387 e. The van der Waals surface area contributed by atoms with Gasteiger partial charge in [0.15, 0.2) is 11.5 Å². The predicted molar refractivity (Wildman–Crippen MR) is 112 cm³/mol. The van der Waals surface area contributed by atoms with Crippen molar-refractivity contribution in [3.05, 3.63) is 64.0 Å². The number of methoxy groups -OCH3 is 1. The molecule has 5 nitrogen and oxygen atoms in total. The number of benzene rings is 2. The monoisotopic (exact) mass is 432 g/mol. The lowest BCUT2D eigenvalue weighted by molar-refractivity contribution is -0.120. The van der Waals surface area contributed by atoms with Crippen LogP contribution in [0.4, 0.5) is 8.78 Å². The lowest BCUT2D eigenvalue weighted by atomic mass is 10.1. The first-order valence-electron chi connectivity index (χ1n) is 9.34. The summed E-state index contributed by atoms with van der Waals surface area (Å²) < 4.78 is 34.5. The number of aromatic nitrogens is 1. The Morgan fingerprint density at radius 3 is 2.50 bits per heavy atom. The SMILES string of the molecule is COc1ccc(CCNC(=O)Cc2ccc(-c3csc(C)n3)cc2)cc1OC(F)F. The molecule has 0 saturated carbocycles. The van der Waals surface area contributed by atoms with Crippen molar-refractivity contribution in [1.29, 1.82) is 0 Å². The van der Waals surface area contributed by atoms with Crippen molar-refractivity contribution >= 4 is 17.2 Å². The van der Waals surface area contributed by atoms with E-state index in [4.69, 9.17) is 4.74 Å². The molecule has 0 fully saturated rings. The van der Waals surface area contributed by atoms with Crippen molar-refractivity contribution in [3.8, 4) is 22.8 Å². The molecule has 0 aliphatic heterocycles. The van der Waals surface area contributed by atoms with Gasteiger partial charge in [0.2, 0.25) is 5.91 Å². The molecule has 1 amide bonds. The van der Waals surface area contributed by atoms with Gasteiger partial charge < -0.3 is 14.8 Å². The Hall–Kier alpha value is -3.00. The lowest BCUT2D eigenvalue weighted by Crippen LogP contribution is -2.27. The first-order chi connectivity index (χ1) is 14.4. The molecule has 8 heteroatoms. The van der Waals surface area contributed by atoms with Crippen LogP contribution in [-0.2, 0) is 17.6 Å².